The van der Waals surface area contributed by atoms with Gasteiger partial charge in [0.1, 0.15) is 0 Å². The number of rotatable bonds is 2. The van der Waals surface area contributed by atoms with Crippen LogP contribution >= 0.6 is 0 Å². The fourth-order valence-electron chi connectivity index (χ4n) is 2.39. The molecule has 0 aliphatic rings. The summed E-state index contributed by atoms with van der Waals surface area (Å²) in [5, 5.41) is 12.6. The number of ether oxygens (including phenoxy) is 1. The molecule has 2 nitrogen and oxygen atoms in total. The van der Waals surface area contributed by atoms with Gasteiger partial charge in [0.05, 0.1) is 6.61 Å². The maximum absolute atomic E-state index is 8.00. The second-order valence-electron chi connectivity index (χ2n) is 4.49. The lowest BCUT2D eigenvalue weighted by Crippen LogP contribution is -2.05. The van der Waals surface area contributed by atoms with Crippen molar-refractivity contribution in [3.05, 3.63) is 60.2 Å². The summed E-state index contributed by atoms with van der Waals surface area (Å²) in [6, 6.07) is 18.6. The van der Waals surface area contributed by atoms with Gasteiger partial charge in [0.2, 0.25) is 5.90 Å². The zero-order chi connectivity index (χ0) is 13.2. The Bertz CT molecular complexity index is 761. The van der Waals surface area contributed by atoms with Crippen molar-refractivity contribution in [2.45, 2.75) is 6.92 Å². The van der Waals surface area contributed by atoms with Crippen LogP contribution in [0.4, 0.5) is 0 Å². The zero-order valence-corrected chi connectivity index (χ0v) is 10.8. The van der Waals surface area contributed by atoms with Gasteiger partial charge in [-0.15, -0.1) is 0 Å². The molecule has 94 valence electrons. The van der Waals surface area contributed by atoms with Crippen LogP contribution in [0.25, 0.3) is 21.5 Å². The summed E-state index contributed by atoms with van der Waals surface area (Å²) < 4.78 is 5.33. The molecule has 0 aliphatic heterocycles. The molecule has 3 aromatic carbocycles. The molecule has 3 aromatic rings. The first-order chi connectivity index (χ1) is 9.29. The number of hydrogen-bond acceptors (Lipinski definition) is 2. The van der Waals surface area contributed by atoms with Crippen molar-refractivity contribution in [2.24, 2.45) is 0 Å². The average molecular weight is 249 g/mol. The molecule has 0 spiro atoms. The lowest BCUT2D eigenvalue weighted by Gasteiger charge is -2.09. The number of fused-ring (bicyclic) bond motifs is 2. The molecular weight excluding hydrogens is 234 g/mol. The quantitative estimate of drug-likeness (QED) is 0.408. The molecule has 0 atom stereocenters. The highest BCUT2D eigenvalue weighted by molar-refractivity contribution is 6.09. The van der Waals surface area contributed by atoms with Crippen molar-refractivity contribution in [3.8, 4) is 0 Å². The van der Waals surface area contributed by atoms with Crippen molar-refractivity contribution in [1.29, 1.82) is 5.41 Å². The van der Waals surface area contributed by atoms with Crippen molar-refractivity contribution in [3.63, 3.8) is 0 Å². The normalized spacial score (nSPS) is 10.8. The van der Waals surface area contributed by atoms with Crippen LogP contribution in [0.2, 0.25) is 0 Å². The van der Waals surface area contributed by atoms with E-state index >= 15 is 0 Å². The largest absolute Gasteiger partial charge is 0.478 e. The van der Waals surface area contributed by atoms with E-state index in [-0.39, 0.29) is 5.90 Å². The highest BCUT2D eigenvalue weighted by Crippen LogP contribution is 2.25. The van der Waals surface area contributed by atoms with Crippen LogP contribution in [-0.4, -0.2) is 12.5 Å². The Morgan fingerprint density at radius 3 is 2.37 bits per heavy atom. The van der Waals surface area contributed by atoms with Gasteiger partial charge >= 0.3 is 0 Å². The van der Waals surface area contributed by atoms with Gasteiger partial charge in [-0.25, -0.2) is 0 Å². The minimum Gasteiger partial charge on any atom is -0.478 e. The predicted octanol–water partition coefficient (Wildman–Crippen LogP) is 4.35. The van der Waals surface area contributed by atoms with Gasteiger partial charge in [-0.05, 0) is 46.7 Å². The fourth-order valence-corrected chi connectivity index (χ4v) is 2.39. The molecule has 0 heterocycles. The van der Waals surface area contributed by atoms with Gasteiger partial charge in [0.25, 0.3) is 0 Å². The topological polar surface area (TPSA) is 33.1 Å². The molecule has 0 saturated heterocycles. The summed E-state index contributed by atoms with van der Waals surface area (Å²) in [6.45, 7) is 2.41. The molecule has 3 rings (SSSR count). The van der Waals surface area contributed by atoms with Crippen LogP contribution in [0.5, 0.6) is 0 Å². The Kier molecular flexibility index (Phi) is 2.92. The highest BCUT2D eigenvalue weighted by atomic mass is 16.5. The van der Waals surface area contributed by atoms with Gasteiger partial charge in [0.15, 0.2) is 0 Å². The monoisotopic (exact) mass is 249 g/mol. The minimum absolute atomic E-state index is 0.239. The summed E-state index contributed by atoms with van der Waals surface area (Å²) in [4.78, 5) is 0. The third-order valence-corrected chi connectivity index (χ3v) is 3.28. The maximum atomic E-state index is 8.00. The average Bonchev–Trinajstić information content (AvgIpc) is 2.44. The van der Waals surface area contributed by atoms with Crippen molar-refractivity contribution >= 4 is 27.4 Å². The third kappa shape index (κ3) is 2.06. The summed E-state index contributed by atoms with van der Waals surface area (Å²) in [7, 11) is 0. The van der Waals surface area contributed by atoms with Crippen LogP contribution in [0, 0.1) is 5.41 Å². The standard InChI is InChI=1S/C17H15NO/c1-2-19-17(18)15-9-5-8-14-10-12-6-3-4-7-13(12)11-16(14)15/h3-11,18H,2H2,1H3. The van der Waals surface area contributed by atoms with E-state index in [0.29, 0.717) is 6.61 Å². The molecule has 1 N–H and O–H groups in total. The molecule has 0 bridgehead atoms. The van der Waals surface area contributed by atoms with Gasteiger partial charge in [-0.3, -0.25) is 5.41 Å². The molecule has 19 heavy (non-hydrogen) atoms. The molecule has 0 aliphatic carbocycles. The molecule has 0 fully saturated rings. The first kappa shape index (κ1) is 11.7. The zero-order valence-electron chi connectivity index (χ0n) is 10.8. The van der Waals surface area contributed by atoms with Gasteiger partial charge in [-0.1, -0.05) is 36.4 Å². The van der Waals surface area contributed by atoms with Crippen LogP contribution in [-0.2, 0) is 4.74 Å². The van der Waals surface area contributed by atoms with Crippen molar-refractivity contribution < 1.29 is 4.74 Å². The molecule has 0 unspecified atom stereocenters. The summed E-state index contributed by atoms with van der Waals surface area (Å²) in [5.74, 6) is 0.239. The van der Waals surface area contributed by atoms with E-state index < -0.39 is 0 Å². The first-order valence-corrected chi connectivity index (χ1v) is 6.43. The highest BCUT2D eigenvalue weighted by Gasteiger charge is 2.08. The van der Waals surface area contributed by atoms with Crippen molar-refractivity contribution in [1.82, 2.24) is 0 Å². The summed E-state index contributed by atoms with van der Waals surface area (Å²) in [5.41, 5.74) is 0.852. The van der Waals surface area contributed by atoms with E-state index in [1.54, 1.807) is 0 Å². The summed E-state index contributed by atoms with van der Waals surface area (Å²) >= 11 is 0. The van der Waals surface area contributed by atoms with E-state index in [2.05, 4.69) is 30.3 Å². The molecule has 2 heteroatoms. The second kappa shape index (κ2) is 4.73. The van der Waals surface area contributed by atoms with E-state index in [4.69, 9.17) is 10.1 Å². The van der Waals surface area contributed by atoms with Crippen molar-refractivity contribution in [2.75, 3.05) is 6.61 Å². The van der Waals surface area contributed by atoms with E-state index in [1.165, 1.54) is 10.8 Å². The second-order valence-corrected chi connectivity index (χ2v) is 4.49. The number of nitrogens with one attached hydrogen (secondary N) is 1. The Morgan fingerprint density at radius 1 is 0.947 bits per heavy atom. The molecule has 0 saturated carbocycles. The Hall–Kier alpha value is -2.35. The van der Waals surface area contributed by atoms with Crippen LogP contribution < -0.4 is 0 Å². The lowest BCUT2D eigenvalue weighted by atomic mass is 10.00. The van der Waals surface area contributed by atoms with Crippen LogP contribution in [0.3, 0.4) is 0 Å². The van der Waals surface area contributed by atoms with E-state index in [1.807, 2.05) is 31.2 Å². The van der Waals surface area contributed by atoms with E-state index in [9.17, 15) is 0 Å². The first-order valence-electron chi connectivity index (χ1n) is 6.43. The molecule has 0 radical (unpaired) electrons. The molecule has 0 amide bonds. The Morgan fingerprint density at radius 2 is 1.63 bits per heavy atom. The van der Waals surface area contributed by atoms with Gasteiger partial charge in [0, 0.05) is 5.56 Å². The number of benzene rings is 3. The smallest absolute Gasteiger partial charge is 0.213 e. The van der Waals surface area contributed by atoms with E-state index in [0.717, 1.165) is 16.3 Å². The number of hydrogen-bond donors (Lipinski definition) is 1. The Balaban J connectivity index is 2.29. The SMILES string of the molecule is CCOC(=N)c1cccc2cc3ccccc3cc12. The maximum Gasteiger partial charge on any atom is 0.213 e. The van der Waals surface area contributed by atoms with Gasteiger partial charge in [-0.2, -0.15) is 0 Å². The van der Waals surface area contributed by atoms with Crippen LogP contribution in [0.15, 0.2) is 54.6 Å². The van der Waals surface area contributed by atoms with Gasteiger partial charge < -0.3 is 4.74 Å². The third-order valence-electron chi connectivity index (χ3n) is 3.28. The predicted molar refractivity (Wildman–Crippen MR) is 79.9 cm³/mol. The minimum atomic E-state index is 0.239. The molecular formula is C17H15NO. The summed E-state index contributed by atoms with van der Waals surface area (Å²) in [6.07, 6.45) is 0. The lowest BCUT2D eigenvalue weighted by molar-refractivity contribution is 0.326. The van der Waals surface area contributed by atoms with Crippen LogP contribution in [0.1, 0.15) is 12.5 Å². The Labute approximate surface area is 112 Å². The fraction of sp³-hybridized carbons (Fsp3) is 0.118. The molecule has 0 aromatic heterocycles.